The molecule has 0 radical (unpaired) electrons. The SMILES string of the molecule is CCC(C)(c1ccc(C(C)C(C)(C)N)cc1)c1c2c(c(C(C)(C)c3ccc(C(C)C(C)(C)C)cc3)c3ccccc13)CCC=C2. The molecule has 2 N–H and O–H groups in total. The second-order valence-corrected chi connectivity index (χ2v) is 16.3. The van der Waals surface area contributed by atoms with E-state index in [0.717, 1.165) is 19.3 Å². The fourth-order valence-electron chi connectivity index (χ4n) is 7.62. The van der Waals surface area contributed by atoms with Crippen LogP contribution in [0.1, 0.15) is 145 Å². The third kappa shape index (κ3) is 5.94. The lowest BCUT2D eigenvalue weighted by molar-refractivity contribution is 0.339. The lowest BCUT2D eigenvalue weighted by atomic mass is 9.65. The second kappa shape index (κ2) is 11.9. The molecule has 0 amide bonds. The first-order valence-electron chi connectivity index (χ1n) is 17.3. The number of allylic oxidation sites excluding steroid dienone is 1. The summed E-state index contributed by atoms with van der Waals surface area (Å²) in [6, 6.07) is 28.1. The molecule has 0 bridgehead atoms. The number of hydrogen-bond acceptors (Lipinski definition) is 1. The van der Waals surface area contributed by atoms with Crippen molar-refractivity contribution in [2.45, 2.75) is 124 Å². The smallest absolute Gasteiger partial charge is 0.0184 e. The van der Waals surface area contributed by atoms with Crippen molar-refractivity contribution < 1.29 is 0 Å². The largest absolute Gasteiger partial charge is 0.325 e. The van der Waals surface area contributed by atoms with Crippen LogP contribution in [0.25, 0.3) is 16.8 Å². The van der Waals surface area contributed by atoms with Crippen LogP contribution in [-0.2, 0) is 17.3 Å². The molecule has 1 aliphatic carbocycles. The molecule has 0 saturated heterocycles. The minimum absolute atomic E-state index is 0.140. The maximum atomic E-state index is 6.51. The van der Waals surface area contributed by atoms with Gasteiger partial charge in [0.25, 0.3) is 0 Å². The van der Waals surface area contributed by atoms with Gasteiger partial charge in [0.15, 0.2) is 0 Å². The second-order valence-electron chi connectivity index (χ2n) is 16.3. The summed E-state index contributed by atoms with van der Waals surface area (Å²) in [6.45, 7) is 25.5. The van der Waals surface area contributed by atoms with Gasteiger partial charge >= 0.3 is 0 Å². The highest BCUT2D eigenvalue weighted by Crippen LogP contribution is 2.49. The van der Waals surface area contributed by atoms with Crippen molar-refractivity contribution in [1.82, 2.24) is 0 Å². The Morgan fingerprint density at radius 3 is 1.69 bits per heavy atom. The van der Waals surface area contributed by atoms with Gasteiger partial charge in [-0.05, 0) is 106 Å². The zero-order valence-corrected chi connectivity index (χ0v) is 29.9. The third-order valence-corrected chi connectivity index (χ3v) is 11.7. The van der Waals surface area contributed by atoms with Gasteiger partial charge in [-0.1, -0.05) is 147 Å². The van der Waals surface area contributed by atoms with Crippen LogP contribution in [0.15, 0.2) is 78.9 Å². The van der Waals surface area contributed by atoms with Crippen molar-refractivity contribution in [3.05, 3.63) is 123 Å². The Kier molecular flexibility index (Phi) is 8.77. The lowest BCUT2D eigenvalue weighted by Gasteiger charge is -2.39. The molecule has 0 saturated carbocycles. The standard InChI is InChI=1S/C44H57N/c1-12-44(11,34-27-23-32(24-28-34)30(3)43(9,10)45)40-37-19-15-13-17-35(37)39(36-18-14-16-20-38(36)40)42(7,8)33-25-21-31(22-26-33)29(2)41(4,5)6/h13,15-17,19-30H,12,14,18,45H2,1-11H3. The quantitative estimate of drug-likeness (QED) is 0.214. The van der Waals surface area contributed by atoms with Crippen molar-refractivity contribution >= 4 is 16.8 Å². The maximum Gasteiger partial charge on any atom is 0.0184 e. The number of rotatable bonds is 8. The first kappa shape index (κ1) is 33.2. The molecule has 238 valence electrons. The minimum atomic E-state index is -0.260. The Labute approximate surface area is 274 Å². The predicted molar refractivity (Wildman–Crippen MR) is 198 cm³/mol. The first-order chi connectivity index (χ1) is 21.0. The Morgan fingerprint density at radius 1 is 0.667 bits per heavy atom. The predicted octanol–water partition coefficient (Wildman–Crippen LogP) is 11.8. The molecule has 1 heteroatoms. The number of benzene rings is 4. The van der Waals surface area contributed by atoms with E-state index in [1.165, 1.54) is 55.3 Å². The van der Waals surface area contributed by atoms with Crippen LogP contribution in [0.2, 0.25) is 0 Å². The average Bonchev–Trinajstić information content (AvgIpc) is 3.01. The summed E-state index contributed by atoms with van der Waals surface area (Å²) in [5, 5.41) is 2.78. The van der Waals surface area contributed by atoms with Gasteiger partial charge in [-0.2, -0.15) is 0 Å². The topological polar surface area (TPSA) is 26.0 Å². The van der Waals surface area contributed by atoms with E-state index in [0.29, 0.717) is 5.92 Å². The van der Waals surface area contributed by atoms with Gasteiger partial charge in [0.05, 0.1) is 0 Å². The first-order valence-corrected chi connectivity index (χ1v) is 17.3. The zero-order chi connectivity index (χ0) is 32.9. The van der Waals surface area contributed by atoms with Gasteiger partial charge in [-0.25, -0.2) is 0 Å². The van der Waals surface area contributed by atoms with Gasteiger partial charge in [-0.3, -0.25) is 0 Å². The Morgan fingerprint density at radius 2 is 1.18 bits per heavy atom. The number of hydrogen-bond donors (Lipinski definition) is 1. The van der Waals surface area contributed by atoms with Crippen LogP contribution >= 0.6 is 0 Å². The van der Waals surface area contributed by atoms with Crippen molar-refractivity contribution in [3.63, 3.8) is 0 Å². The molecule has 4 aromatic carbocycles. The number of nitrogens with two attached hydrogens (primary N) is 1. The van der Waals surface area contributed by atoms with Gasteiger partial charge < -0.3 is 5.73 Å². The fraction of sp³-hybridized carbons (Fsp3) is 0.455. The van der Waals surface area contributed by atoms with Crippen LogP contribution < -0.4 is 5.73 Å². The molecular formula is C44H57N. The van der Waals surface area contributed by atoms with E-state index in [9.17, 15) is 0 Å². The molecule has 0 heterocycles. The molecule has 0 spiro atoms. The summed E-state index contributed by atoms with van der Waals surface area (Å²) < 4.78 is 0. The molecule has 0 aliphatic heterocycles. The van der Waals surface area contributed by atoms with E-state index in [4.69, 9.17) is 5.73 Å². The van der Waals surface area contributed by atoms with Crippen molar-refractivity contribution in [2.24, 2.45) is 11.1 Å². The molecule has 3 atom stereocenters. The Balaban J connectivity index is 1.71. The van der Waals surface area contributed by atoms with E-state index in [-0.39, 0.29) is 27.7 Å². The molecule has 3 unspecified atom stereocenters. The highest BCUT2D eigenvalue weighted by Gasteiger charge is 2.37. The van der Waals surface area contributed by atoms with Gasteiger partial charge in [-0.15, -0.1) is 0 Å². The molecule has 0 fully saturated rings. The normalized spacial score (nSPS) is 16.7. The van der Waals surface area contributed by atoms with Crippen LogP contribution in [0.5, 0.6) is 0 Å². The summed E-state index contributed by atoms with van der Waals surface area (Å²) in [6.07, 6.45) is 8.01. The van der Waals surface area contributed by atoms with Crippen LogP contribution in [0.4, 0.5) is 0 Å². The van der Waals surface area contributed by atoms with Crippen molar-refractivity contribution in [1.29, 1.82) is 0 Å². The van der Waals surface area contributed by atoms with Crippen molar-refractivity contribution in [3.8, 4) is 0 Å². The average molecular weight is 600 g/mol. The highest BCUT2D eigenvalue weighted by atomic mass is 14.7. The van der Waals surface area contributed by atoms with Gasteiger partial charge in [0, 0.05) is 16.4 Å². The Hall–Kier alpha value is -3.16. The summed E-state index contributed by atoms with van der Waals surface area (Å²) in [7, 11) is 0. The van der Waals surface area contributed by atoms with E-state index in [1.807, 2.05) is 0 Å². The van der Waals surface area contributed by atoms with E-state index < -0.39 is 0 Å². The fourth-order valence-corrected chi connectivity index (χ4v) is 7.62. The van der Waals surface area contributed by atoms with E-state index in [1.54, 1.807) is 0 Å². The van der Waals surface area contributed by atoms with Crippen LogP contribution in [-0.4, -0.2) is 5.54 Å². The van der Waals surface area contributed by atoms with E-state index >= 15 is 0 Å². The third-order valence-electron chi connectivity index (χ3n) is 11.7. The summed E-state index contributed by atoms with van der Waals surface area (Å²) in [4.78, 5) is 0. The molecule has 4 aromatic rings. The highest BCUT2D eigenvalue weighted by molar-refractivity contribution is 5.96. The molecular weight excluding hydrogens is 542 g/mol. The van der Waals surface area contributed by atoms with Crippen LogP contribution in [0, 0.1) is 5.41 Å². The summed E-state index contributed by atoms with van der Waals surface area (Å²) >= 11 is 0. The molecule has 45 heavy (non-hydrogen) atoms. The van der Waals surface area contributed by atoms with Crippen LogP contribution in [0.3, 0.4) is 0 Å². The lowest BCUT2D eigenvalue weighted by Crippen LogP contribution is -2.37. The molecule has 1 nitrogen and oxygen atoms in total. The van der Waals surface area contributed by atoms with E-state index in [2.05, 4.69) is 161 Å². The summed E-state index contributed by atoms with van der Waals surface area (Å²) in [5.41, 5.74) is 17.6. The molecule has 0 aromatic heterocycles. The van der Waals surface area contributed by atoms with Crippen molar-refractivity contribution in [2.75, 3.05) is 0 Å². The Bertz CT molecular complexity index is 1690. The monoisotopic (exact) mass is 599 g/mol. The maximum absolute atomic E-state index is 6.51. The van der Waals surface area contributed by atoms with Gasteiger partial charge in [0.2, 0.25) is 0 Å². The van der Waals surface area contributed by atoms with Gasteiger partial charge in [0.1, 0.15) is 0 Å². The molecule has 1 aliphatic rings. The molecule has 5 rings (SSSR count). The number of fused-ring (bicyclic) bond motifs is 2. The zero-order valence-electron chi connectivity index (χ0n) is 29.9. The minimum Gasteiger partial charge on any atom is -0.325 e. The summed E-state index contributed by atoms with van der Waals surface area (Å²) in [5.74, 6) is 0.779.